The van der Waals surface area contributed by atoms with Gasteiger partial charge in [0.15, 0.2) is 17.6 Å². The van der Waals surface area contributed by atoms with E-state index in [9.17, 15) is 9.59 Å². The molecule has 6 heteroatoms. The van der Waals surface area contributed by atoms with Crippen LogP contribution in [0.4, 0.5) is 5.69 Å². The van der Waals surface area contributed by atoms with Gasteiger partial charge in [0, 0.05) is 5.69 Å². The first-order chi connectivity index (χ1) is 13.5. The number of fused-ring (bicyclic) bond motifs is 1. The first-order valence-corrected chi connectivity index (χ1v) is 8.75. The van der Waals surface area contributed by atoms with E-state index in [1.807, 2.05) is 36.4 Å². The van der Waals surface area contributed by atoms with Gasteiger partial charge in [0.25, 0.3) is 5.91 Å². The van der Waals surface area contributed by atoms with Crippen LogP contribution in [0.25, 0.3) is 10.8 Å². The smallest absolute Gasteiger partial charge is 0.342 e. The van der Waals surface area contributed by atoms with E-state index in [-0.39, 0.29) is 11.3 Å². The maximum absolute atomic E-state index is 12.5. The molecule has 0 heterocycles. The highest BCUT2D eigenvalue weighted by Gasteiger charge is 2.23. The van der Waals surface area contributed by atoms with Gasteiger partial charge in [0.05, 0.1) is 14.2 Å². The standard InChI is InChI=1S/C22H21NO5/c1-14(28-22(25)18-9-6-10-19(26-2)20(18)27-3)21(24)23-17-12-11-15-7-4-5-8-16(15)13-17/h4-14H,1-3H3,(H,23,24)/t14-/m0/s1. The fourth-order valence-electron chi connectivity index (χ4n) is 2.84. The van der Waals surface area contributed by atoms with Gasteiger partial charge in [-0.05, 0) is 42.0 Å². The molecule has 1 N–H and O–H groups in total. The van der Waals surface area contributed by atoms with Crippen molar-refractivity contribution in [3.05, 3.63) is 66.2 Å². The summed E-state index contributed by atoms with van der Waals surface area (Å²) in [6.07, 6.45) is -0.991. The van der Waals surface area contributed by atoms with E-state index < -0.39 is 18.0 Å². The molecule has 0 aromatic heterocycles. The van der Waals surface area contributed by atoms with Gasteiger partial charge < -0.3 is 19.5 Å². The fourth-order valence-corrected chi connectivity index (χ4v) is 2.84. The maximum atomic E-state index is 12.5. The average molecular weight is 379 g/mol. The van der Waals surface area contributed by atoms with Crippen molar-refractivity contribution in [2.24, 2.45) is 0 Å². The second-order valence-electron chi connectivity index (χ2n) is 6.14. The Morgan fingerprint density at radius 2 is 1.64 bits per heavy atom. The molecule has 0 saturated heterocycles. The van der Waals surface area contributed by atoms with Gasteiger partial charge in [0.2, 0.25) is 0 Å². The Morgan fingerprint density at radius 1 is 0.893 bits per heavy atom. The van der Waals surface area contributed by atoms with Gasteiger partial charge in [0.1, 0.15) is 5.56 Å². The SMILES string of the molecule is COc1cccc(C(=O)O[C@@H](C)C(=O)Nc2ccc3ccccc3c2)c1OC. The number of anilines is 1. The Kier molecular flexibility index (Phi) is 5.79. The van der Waals surface area contributed by atoms with Crippen molar-refractivity contribution in [2.75, 3.05) is 19.5 Å². The number of methoxy groups -OCH3 is 2. The first kappa shape index (κ1) is 19.2. The molecule has 0 aliphatic heterocycles. The number of nitrogens with one attached hydrogen (secondary N) is 1. The zero-order valence-electron chi connectivity index (χ0n) is 15.9. The van der Waals surface area contributed by atoms with E-state index in [4.69, 9.17) is 14.2 Å². The lowest BCUT2D eigenvalue weighted by Gasteiger charge is -2.16. The van der Waals surface area contributed by atoms with E-state index in [2.05, 4.69) is 5.32 Å². The lowest BCUT2D eigenvalue weighted by Crippen LogP contribution is -2.30. The topological polar surface area (TPSA) is 73.9 Å². The minimum absolute atomic E-state index is 0.187. The first-order valence-electron chi connectivity index (χ1n) is 8.75. The van der Waals surface area contributed by atoms with Gasteiger partial charge in [-0.25, -0.2) is 4.79 Å². The van der Waals surface area contributed by atoms with E-state index >= 15 is 0 Å². The van der Waals surface area contributed by atoms with Crippen molar-refractivity contribution < 1.29 is 23.8 Å². The largest absolute Gasteiger partial charge is 0.493 e. The molecule has 0 fully saturated rings. The number of carbonyl (C=O) groups excluding carboxylic acids is 2. The summed E-state index contributed by atoms with van der Waals surface area (Å²) in [4.78, 5) is 24.9. The van der Waals surface area contributed by atoms with E-state index in [1.54, 1.807) is 24.3 Å². The number of benzene rings is 3. The molecule has 0 spiro atoms. The van der Waals surface area contributed by atoms with Crippen LogP contribution in [-0.4, -0.2) is 32.2 Å². The molecule has 0 unspecified atom stereocenters. The van der Waals surface area contributed by atoms with Crippen LogP contribution in [-0.2, 0) is 9.53 Å². The van der Waals surface area contributed by atoms with Gasteiger partial charge in [-0.1, -0.05) is 36.4 Å². The lowest BCUT2D eigenvalue weighted by molar-refractivity contribution is -0.123. The zero-order valence-corrected chi connectivity index (χ0v) is 15.9. The third kappa shape index (κ3) is 4.06. The summed E-state index contributed by atoms with van der Waals surface area (Å²) in [6, 6.07) is 18.3. The van der Waals surface area contributed by atoms with E-state index in [1.165, 1.54) is 21.1 Å². The predicted octanol–water partition coefficient (Wildman–Crippen LogP) is 4.04. The quantitative estimate of drug-likeness (QED) is 0.654. The number of hydrogen-bond donors (Lipinski definition) is 1. The third-order valence-electron chi connectivity index (χ3n) is 4.29. The molecule has 0 aliphatic carbocycles. The van der Waals surface area contributed by atoms with Gasteiger partial charge in [-0.2, -0.15) is 0 Å². The minimum Gasteiger partial charge on any atom is -0.493 e. The van der Waals surface area contributed by atoms with Crippen LogP contribution >= 0.6 is 0 Å². The van der Waals surface area contributed by atoms with E-state index in [0.717, 1.165) is 10.8 Å². The van der Waals surface area contributed by atoms with Crippen LogP contribution in [0.5, 0.6) is 11.5 Å². The third-order valence-corrected chi connectivity index (χ3v) is 4.29. The summed E-state index contributed by atoms with van der Waals surface area (Å²) in [6.45, 7) is 1.51. The molecule has 3 aromatic carbocycles. The van der Waals surface area contributed by atoms with Crippen molar-refractivity contribution in [3.63, 3.8) is 0 Å². The summed E-state index contributed by atoms with van der Waals surface area (Å²) in [5.74, 6) is -0.426. The Balaban J connectivity index is 1.70. The monoisotopic (exact) mass is 379 g/mol. The summed E-state index contributed by atoms with van der Waals surface area (Å²) in [5.41, 5.74) is 0.817. The molecule has 0 saturated carbocycles. The molecular weight excluding hydrogens is 358 g/mol. The van der Waals surface area contributed by atoms with Crippen molar-refractivity contribution in [2.45, 2.75) is 13.0 Å². The summed E-state index contributed by atoms with van der Waals surface area (Å²) in [7, 11) is 2.91. The summed E-state index contributed by atoms with van der Waals surface area (Å²) < 4.78 is 15.7. The van der Waals surface area contributed by atoms with Crippen LogP contribution in [0.1, 0.15) is 17.3 Å². The lowest BCUT2D eigenvalue weighted by atomic mass is 10.1. The molecule has 28 heavy (non-hydrogen) atoms. The molecule has 144 valence electrons. The summed E-state index contributed by atoms with van der Waals surface area (Å²) in [5, 5.41) is 4.85. The Morgan fingerprint density at radius 3 is 2.36 bits per heavy atom. The van der Waals surface area contributed by atoms with Crippen LogP contribution in [0.15, 0.2) is 60.7 Å². The van der Waals surface area contributed by atoms with Crippen LogP contribution < -0.4 is 14.8 Å². The molecular formula is C22H21NO5. The van der Waals surface area contributed by atoms with Crippen LogP contribution in [0.2, 0.25) is 0 Å². The van der Waals surface area contributed by atoms with Gasteiger partial charge in [-0.3, -0.25) is 4.79 Å². The number of rotatable bonds is 6. The Bertz CT molecular complexity index is 1010. The van der Waals surface area contributed by atoms with Gasteiger partial charge >= 0.3 is 5.97 Å². The predicted molar refractivity (Wildman–Crippen MR) is 107 cm³/mol. The number of carbonyl (C=O) groups is 2. The molecule has 0 bridgehead atoms. The zero-order chi connectivity index (χ0) is 20.1. The number of hydrogen-bond acceptors (Lipinski definition) is 5. The van der Waals surface area contributed by atoms with E-state index in [0.29, 0.717) is 11.4 Å². The highest BCUT2D eigenvalue weighted by Crippen LogP contribution is 2.31. The van der Waals surface area contributed by atoms with Gasteiger partial charge in [-0.15, -0.1) is 0 Å². The highest BCUT2D eigenvalue weighted by atomic mass is 16.6. The van der Waals surface area contributed by atoms with Crippen molar-refractivity contribution >= 4 is 28.3 Å². The minimum atomic E-state index is -0.991. The number of amides is 1. The second kappa shape index (κ2) is 8.43. The Hall–Kier alpha value is -3.54. The second-order valence-corrected chi connectivity index (χ2v) is 6.14. The van der Waals surface area contributed by atoms with Crippen LogP contribution in [0.3, 0.4) is 0 Å². The van der Waals surface area contributed by atoms with Crippen LogP contribution in [0, 0.1) is 0 Å². The Labute approximate surface area is 163 Å². The molecule has 0 radical (unpaired) electrons. The molecule has 0 aliphatic rings. The molecule has 3 aromatic rings. The normalized spacial score (nSPS) is 11.5. The molecule has 3 rings (SSSR count). The molecule has 1 atom stereocenters. The van der Waals surface area contributed by atoms with Crippen molar-refractivity contribution in [1.29, 1.82) is 0 Å². The number of ether oxygens (including phenoxy) is 3. The van der Waals surface area contributed by atoms with Crippen molar-refractivity contribution in [1.82, 2.24) is 0 Å². The number of esters is 1. The average Bonchev–Trinajstić information content (AvgIpc) is 2.72. The molecule has 6 nitrogen and oxygen atoms in total. The number of para-hydroxylation sites is 1. The fraction of sp³-hybridized carbons (Fsp3) is 0.182. The summed E-state index contributed by atoms with van der Waals surface area (Å²) >= 11 is 0. The van der Waals surface area contributed by atoms with Crippen molar-refractivity contribution in [3.8, 4) is 11.5 Å². The maximum Gasteiger partial charge on any atom is 0.342 e. The molecule has 1 amide bonds. The highest BCUT2D eigenvalue weighted by molar-refractivity contribution is 5.99.